The van der Waals surface area contributed by atoms with Crippen LogP contribution in [0.5, 0.6) is 0 Å². The summed E-state index contributed by atoms with van der Waals surface area (Å²) in [7, 11) is 0. The van der Waals surface area contributed by atoms with Gasteiger partial charge in [0.05, 0.1) is 4.88 Å². The van der Waals surface area contributed by atoms with Crippen molar-refractivity contribution in [1.82, 2.24) is 4.90 Å². The Kier molecular flexibility index (Phi) is 3.75. The van der Waals surface area contributed by atoms with Gasteiger partial charge in [0.15, 0.2) is 0 Å². The van der Waals surface area contributed by atoms with E-state index in [1.807, 2.05) is 17.0 Å². The standard InChI is InChI=1S/C18H14FNOS2/c19-14-4-2-1-3-13(14)16-5-6-17(23-16)18(21)20-9-7-15-12(11-20)8-10-22-15/h1-6,8,10H,7,9,11H2. The Morgan fingerprint density at radius 3 is 2.87 bits per heavy atom. The van der Waals surface area contributed by atoms with Gasteiger partial charge in [0.2, 0.25) is 0 Å². The maximum atomic E-state index is 13.9. The second-order valence-corrected chi connectivity index (χ2v) is 7.57. The Labute approximate surface area is 141 Å². The molecule has 5 heteroatoms. The lowest BCUT2D eigenvalue weighted by molar-refractivity contribution is 0.0741. The molecule has 0 unspecified atom stereocenters. The zero-order valence-corrected chi connectivity index (χ0v) is 13.9. The van der Waals surface area contributed by atoms with Crippen molar-refractivity contribution in [2.45, 2.75) is 13.0 Å². The van der Waals surface area contributed by atoms with Gasteiger partial charge < -0.3 is 4.90 Å². The van der Waals surface area contributed by atoms with E-state index in [-0.39, 0.29) is 11.7 Å². The number of benzene rings is 1. The van der Waals surface area contributed by atoms with Crippen LogP contribution in [0.1, 0.15) is 20.1 Å². The van der Waals surface area contributed by atoms with Crippen LogP contribution in [0.25, 0.3) is 10.4 Å². The monoisotopic (exact) mass is 343 g/mol. The second-order valence-electron chi connectivity index (χ2n) is 5.49. The summed E-state index contributed by atoms with van der Waals surface area (Å²) in [6.45, 7) is 1.42. The molecule has 0 fully saturated rings. The molecule has 23 heavy (non-hydrogen) atoms. The van der Waals surface area contributed by atoms with Crippen molar-refractivity contribution in [3.8, 4) is 10.4 Å². The number of hydrogen-bond acceptors (Lipinski definition) is 3. The molecule has 2 aromatic heterocycles. The summed E-state index contributed by atoms with van der Waals surface area (Å²) in [4.78, 5) is 17.4. The fourth-order valence-corrected chi connectivity index (χ4v) is 4.73. The van der Waals surface area contributed by atoms with Gasteiger partial charge in [-0.15, -0.1) is 22.7 Å². The summed E-state index contributed by atoms with van der Waals surface area (Å²) in [5.74, 6) is -0.219. The lowest BCUT2D eigenvalue weighted by Crippen LogP contribution is -2.34. The third kappa shape index (κ3) is 2.71. The van der Waals surface area contributed by atoms with Gasteiger partial charge in [-0.1, -0.05) is 18.2 Å². The SMILES string of the molecule is O=C(c1ccc(-c2ccccc2F)s1)N1CCc2sccc2C1. The molecule has 4 rings (SSSR count). The van der Waals surface area contributed by atoms with E-state index < -0.39 is 0 Å². The molecule has 0 spiro atoms. The van der Waals surface area contributed by atoms with E-state index in [4.69, 9.17) is 0 Å². The van der Waals surface area contributed by atoms with Crippen LogP contribution in [0.3, 0.4) is 0 Å². The first-order chi connectivity index (χ1) is 11.2. The van der Waals surface area contributed by atoms with E-state index in [0.29, 0.717) is 17.0 Å². The van der Waals surface area contributed by atoms with Gasteiger partial charge in [0.25, 0.3) is 5.91 Å². The van der Waals surface area contributed by atoms with Crippen molar-refractivity contribution in [3.63, 3.8) is 0 Å². The van der Waals surface area contributed by atoms with E-state index in [1.54, 1.807) is 29.5 Å². The molecule has 2 nitrogen and oxygen atoms in total. The predicted octanol–water partition coefficient (Wildman–Crippen LogP) is 4.81. The number of halogens is 1. The fraction of sp³-hybridized carbons (Fsp3) is 0.167. The molecule has 1 aliphatic heterocycles. The van der Waals surface area contributed by atoms with Crippen LogP contribution in [0, 0.1) is 5.82 Å². The van der Waals surface area contributed by atoms with Gasteiger partial charge in [-0.2, -0.15) is 0 Å². The van der Waals surface area contributed by atoms with E-state index >= 15 is 0 Å². The number of carbonyl (C=O) groups excluding carboxylic acids is 1. The number of rotatable bonds is 2. The molecular formula is C18H14FNOS2. The summed E-state index contributed by atoms with van der Waals surface area (Å²) >= 11 is 3.12. The first-order valence-corrected chi connectivity index (χ1v) is 9.11. The van der Waals surface area contributed by atoms with Gasteiger partial charge in [0, 0.05) is 28.4 Å². The molecule has 3 heterocycles. The van der Waals surface area contributed by atoms with Gasteiger partial charge in [0.1, 0.15) is 5.82 Å². The van der Waals surface area contributed by atoms with Crippen molar-refractivity contribution in [2.75, 3.05) is 6.54 Å². The van der Waals surface area contributed by atoms with Crippen LogP contribution >= 0.6 is 22.7 Å². The number of amides is 1. The first kappa shape index (κ1) is 14.6. The minimum atomic E-state index is -0.255. The van der Waals surface area contributed by atoms with Crippen molar-refractivity contribution < 1.29 is 9.18 Å². The summed E-state index contributed by atoms with van der Waals surface area (Å²) in [5.41, 5.74) is 1.80. The Morgan fingerprint density at radius 2 is 2.00 bits per heavy atom. The summed E-state index contributed by atoms with van der Waals surface area (Å²) in [6, 6.07) is 12.4. The van der Waals surface area contributed by atoms with Gasteiger partial charge in [-0.25, -0.2) is 4.39 Å². The molecule has 0 N–H and O–H groups in total. The number of fused-ring (bicyclic) bond motifs is 1. The van der Waals surface area contributed by atoms with Crippen LogP contribution < -0.4 is 0 Å². The average Bonchev–Trinajstić information content (AvgIpc) is 3.23. The van der Waals surface area contributed by atoms with Gasteiger partial charge in [-0.05, 0) is 41.6 Å². The molecule has 116 valence electrons. The van der Waals surface area contributed by atoms with Crippen molar-refractivity contribution in [1.29, 1.82) is 0 Å². The average molecular weight is 343 g/mol. The molecular weight excluding hydrogens is 329 g/mol. The zero-order valence-electron chi connectivity index (χ0n) is 12.3. The largest absolute Gasteiger partial charge is 0.333 e. The zero-order chi connectivity index (χ0) is 15.8. The molecule has 0 bridgehead atoms. The quantitative estimate of drug-likeness (QED) is 0.653. The van der Waals surface area contributed by atoms with Crippen LogP contribution in [-0.2, 0) is 13.0 Å². The third-order valence-corrected chi connectivity index (χ3v) is 6.18. The minimum absolute atomic E-state index is 0.0365. The molecule has 0 radical (unpaired) electrons. The van der Waals surface area contributed by atoms with Crippen molar-refractivity contribution in [3.05, 3.63) is 69.0 Å². The summed E-state index contributed by atoms with van der Waals surface area (Å²) in [6.07, 6.45) is 0.921. The number of hydrogen-bond donors (Lipinski definition) is 0. The molecule has 1 aromatic carbocycles. The van der Waals surface area contributed by atoms with E-state index in [2.05, 4.69) is 11.4 Å². The lowest BCUT2D eigenvalue weighted by atomic mass is 10.1. The van der Waals surface area contributed by atoms with Crippen LogP contribution in [-0.4, -0.2) is 17.4 Å². The highest BCUT2D eigenvalue weighted by Gasteiger charge is 2.23. The maximum absolute atomic E-state index is 13.9. The van der Waals surface area contributed by atoms with Crippen LogP contribution in [0.15, 0.2) is 47.8 Å². The van der Waals surface area contributed by atoms with Crippen LogP contribution in [0.4, 0.5) is 4.39 Å². The summed E-state index contributed by atoms with van der Waals surface area (Å²) in [5, 5.41) is 2.08. The molecule has 1 aliphatic rings. The molecule has 0 saturated carbocycles. The normalized spacial score (nSPS) is 13.9. The van der Waals surface area contributed by atoms with E-state index in [1.165, 1.54) is 27.8 Å². The fourth-order valence-electron chi connectivity index (χ4n) is 2.84. The van der Waals surface area contributed by atoms with E-state index in [9.17, 15) is 9.18 Å². The smallest absolute Gasteiger partial charge is 0.264 e. The van der Waals surface area contributed by atoms with Crippen LogP contribution in [0.2, 0.25) is 0 Å². The van der Waals surface area contributed by atoms with Crippen molar-refractivity contribution in [2.24, 2.45) is 0 Å². The minimum Gasteiger partial charge on any atom is -0.333 e. The van der Waals surface area contributed by atoms with Crippen molar-refractivity contribution >= 4 is 28.6 Å². The Morgan fingerprint density at radius 1 is 1.13 bits per heavy atom. The highest BCUT2D eigenvalue weighted by atomic mass is 32.1. The highest BCUT2D eigenvalue weighted by molar-refractivity contribution is 7.17. The lowest BCUT2D eigenvalue weighted by Gasteiger charge is -2.26. The Balaban J connectivity index is 1.58. The molecule has 0 saturated heterocycles. The third-order valence-electron chi connectivity index (χ3n) is 4.05. The number of carbonyl (C=O) groups is 1. The molecule has 0 atom stereocenters. The number of nitrogens with zero attached hydrogens (tertiary/aromatic N) is 1. The predicted molar refractivity (Wildman–Crippen MR) is 92.5 cm³/mol. The highest BCUT2D eigenvalue weighted by Crippen LogP contribution is 2.32. The Hall–Kier alpha value is -1.98. The van der Waals surface area contributed by atoms with Gasteiger partial charge in [-0.3, -0.25) is 4.79 Å². The molecule has 0 aliphatic carbocycles. The molecule has 1 amide bonds. The maximum Gasteiger partial charge on any atom is 0.264 e. The second kappa shape index (κ2) is 5.91. The molecule has 3 aromatic rings. The van der Waals surface area contributed by atoms with E-state index in [0.717, 1.165) is 17.8 Å². The first-order valence-electron chi connectivity index (χ1n) is 7.41. The summed E-state index contributed by atoms with van der Waals surface area (Å²) < 4.78 is 13.9. The van der Waals surface area contributed by atoms with Gasteiger partial charge >= 0.3 is 0 Å². The number of thiophene rings is 2. The topological polar surface area (TPSA) is 20.3 Å². The Bertz CT molecular complexity index is 867.